The number of aliphatic hydroxyl groups excluding tert-OH is 1. The Balaban J connectivity index is 1.50. The number of fused-ring (bicyclic) bond motifs is 1. The van der Waals surface area contributed by atoms with E-state index in [0.717, 1.165) is 22.3 Å². The summed E-state index contributed by atoms with van der Waals surface area (Å²) in [6.07, 6.45) is -0.477. The highest BCUT2D eigenvalue weighted by molar-refractivity contribution is 5.98. The van der Waals surface area contributed by atoms with Gasteiger partial charge in [-0.05, 0) is 52.8 Å². The van der Waals surface area contributed by atoms with Crippen molar-refractivity contribution in [3.63, 3.8) is 0 Å². The second-order valence-corrected chi connectivity index (χ2v) is 11.2. The van der Waals surface area contributed by atoms with Crippen LogP contribution in [0.25, 0.3) is 11.3 Å². The van der Waals surface area contributed by atoms with Crippen molar-refractivity contribution < 1.29 is 39.1 Å². The molecular formula is C38H34N2O8. The van der Waals surface area contributed by atoms with Crippen LogP contribution in [0.2, 0.25) is 0 Å². The van der Waals surface area contributed by atoms with Crippen molar-refractivity contribution in [3.8, 4) is 28.6 Å². The second-order valence-electron chi connectivity index (χ2n) is 11.2. The number of aliphatic hydroxyl groups is 1. The zero-order valence-electron chi connectivity index (χ0n) is 26.0. The van der Waals surface area contributed by atoms with Gasteiger partial charge in [0.05, 0.1) is 5.69 Å². The van der Waals surface area contributed by atoms with E-state index in [2.05, 4.69) is 0 Å². The number of aromatic nitrogens is 1. The molecule has 0 atom stereocenters. The SMILES string of the molecule is O=C(OCc1ccccc1)c1c(OCc2ccccc2)nc(-c2cc3c(cc2CCO)N(C(=O)O)CC3)c(O)c1OCc1ccccc1. The molecule has 3 N–H and O–H groups in total. The van der Waals surface area contributed by atoms with Crippen LogP contribution in [0.3, 0.4) is 0 Å². The van der Waals surface area contributed by atoms with Crippen LogP contribution in [-0.4, -0.2) is 45.5 Å². The smallest absolute Gasteiger partial charge is 0.411 e. The molecule has 6 rings (SSSR count). The Morgan fingerprint density at radius 2 is 1.38 bits per heavy atom. The lowest BCUT2D eigenvalue weighted by atomic mass is 9.96. The summed E-state index contributed by atoms with van der Waals surface area (Å²) < 4.78 is 18.1. The number of rotatable bonds is 12. The molecule has 0 saturated carbocycles. The lowest BCUT2D eigenvalue weighted by Gasteiger charge is -2.21. The maximum absolute atomic E-state index is 13.9. The van der Waals surface area contributed by atoms with Gasteiger partial charge in [0.1, 0.15) is 25.5 Å². The average molecular weight is 647 g/mol. The lowest BCUT2D eigenvalue weighted by molar-refractivity contribution is 0.0459. The minimum atomic E-state index is -1.08. The Morgan fingerprint density at radius 1 is 0.792 bits per heavy atom. The van der Waals surface area contributed by atoms with E-state index < -0.39 is 17.8 Å². The van der Waals surface area contributed by atoms with E-state index in [1.54, 1.807) is 12.1 Å². The van der Waals surface area contributed by atoms with E-state index in [1.807, 2.05) is 91.0 Å². The van der Waals surface area contributed by atoms with Crippen LogP contribution in [0.1, 0.15) is 38.2 Å². The number of benzene rings is 4. The quantitative estimate of drug-likeness (QED) is 0.129. The first-order valence-corrected chi connectivity index (χ1v) is 15.5. The number of carbonyl (C=O) groups excluding carboxylic acids is 1. The molecule has 0 radical (unpaired) electrons. The molecule has 1 amide bonds. The molecule has 1 aliphatic rings. The van der Waals surface area contributed by atoms with Gasteiger partial charge in [0.2, 0.25) is 5.88 Å². The van der Waals surface area contributed by atoms with Gasteiger partial charge in [0.15, 0.2) is 17.1 Å². The highest BCUT2D eigenvalue weighted by Crippen LogP contribution is 2.46. The maximum atomic E-state index is 13.9. The molecule has 5 aromatic rings. The average Bonchev–Trinajstić information content (AvgIpc) is 3.54. The molecule has 0 bridgehead atoms. The van der Waals surface area contributed by atoms with Gasteiger partial charge in [-0.1, -0.05) is 91.0 Å². The van der Waals surface area contributed by atoms with E-state index in [9.17, 15) is 24.9 Å². The van der Waals surface area contributed by atoms with Crippen LogP contribution < -0.4 is 14.4 Å². The molecule has 244 valence electrons. The van der Waals surface area contributed by atoms with Crippen molar-refractivity contribution in [1.29, 1.82) is 0 Å². The predicted molar refractivity (Wildman–Crippen MR) is 178 cm³/mol. The van der Waals surface area contributed by atoms with Gasteiger partial charge in [-0.15, -0.1) is 0 Å². The topological polar surface area (TPSA) is 139 Å². The van der Waals surface area contributed by atoms with Gasteiger partial charge in [-0.3, -0.25) is 4.90 Å². The standard InChI is InChI=1S/C38H34N2O8/c41-19-17-28-21-31-29(16-18-40(31)38(44)45)20-30(28)33-34(42)35(46-22-25-10-4-1-5-11-25)32(37(43)48-24-27-14-8-3-9-15-27)36(39-33)47-23-26-12-6-2-7-13-26/h1-15,20-21,41-42H,16-19,22-24H2,(H,44,45). The first-order chi connectivity index (χ1) is 23.4. The summed E-state index contributed by atoms with van der Waals surface area (Å²) in [7, 11) is 0. The number of amides is 1. The van der Waals surface area contributed by atoms with Crippen LogP contribution in [0.4, 0.5) is 10.5 Å². The zero-order chi connectivity index (χ0) is 33.5. The second kappa shape index (κ2) is 14.7. The summed E-state index contributed by atoms with van der Waals surface area (Å²) in [6, 6.07) is 31.3. The van der Waals surface area contributed by atoms with E-state index in [0.29, 0.717) is 23.2 Å². The lowest BCUT2D eigenvalue weighted by Crippen LogP contribution is -2.26. The van der Waals surface area contributed by atoms with Crippen molar-refractivity contribution in [1.82, 2.24) is 4.98 Å². The van der Waals surface area contributed by atoms with Crippen molar-refractivity contribution in [2.24, 2.45) is 0 Å². The van der Waals surface area contributed by atoms with E-state index >= 15 is 0 Å². The number of hydrogen-bond acceptors (Lipinski definition) is 8. The number of aromatic hydroxyl groups is 1. The summed E-state index contributed by atoms with van der Waals surface area (Å²) in [6.45, 7) is 0.0595. The Bertz CT molecular complexity index is 1900. The summed E-state index contributed by atoms with van der Waals surface area (Å²) in [4.78, 5) is 31.7. The van der Waals surface area contributed by atoms with Crippen molar-refractivity contribution in [2.45, 2.75) is 32.7 Å². The number of ether oxygens (including phenoxy) is 3. The third kappa shape index (κ3) is 7.08. The fourth-order valence-corrected chi connectivity index (χ4v) is 5.62. The van der Waals surface area contributed by atoms with Gasteiger partial charge in [0, 0.05) is 18.7 Å². The van der Waals surface area contributed by atoms with Crippen LogP contribution in [0.15, 0.2) is 103 Å². The number of nitrogens with zero attached hydrogens (tertiary/aromatic N) is 2. The third-order valence-corrected chi connectivity index (χ3v) is 8.02. The van der Waals surface area contributed by atoms with Crippen molar-refractivity contribution in [3.05, 3.63) is 137 Å². The molecule has 0 fully saturated rings. The van der Waals surface area contributed by atoms with Gasteiger partial charge in [-0.2, -0.15) is 0 Å². The number of esters is 1. The molecule has 0 unspecified atom stereocenters. The Morgan fingerprint density at radius 3 is 1.96 bits per heavy atom. The number of anilines is 1. The Labute approximate surface area is 277 Å². The number of carbonyl (C=O) groups is 2. The highest BCUT2D eigenvalue weighted by Gasteiger charge is 2.32. The van der Waals surface area contributed by atoms with Crippen LogP contribution in [-0.2, 0) is 37.4 Å². The molecule has 10 heteroatoms. The van der Waals surface area contributed by atoms with E-state index in [-0.39, 0.29) is 62.3 Å². The molecule has 0 saturated heterocycles. The zero-order valence-corrected chi connectivity index (χ0v) is 26.0. The monoisotopic (exact) mass is 646 g/mol. The summed E-state index contributed by atoms with van der Waals surface area (Å²) in [5, 5.41) is 31.6. The first-order valence-electron chi connectivity index (χ1n) is 15.5. The van der Waals surface area contributed by atoms with E-state index in [1.165, 1.54) is 4.90 Å². The molecule has 4 aromatic carbocycles. The molecule has 0 spiro atoms. The van der Waals surface area contributed by atoms with Crippen LogP contribution in [0, 0.1) is 0 Å². The number of carboxylic acid groups (broad SMARTS) is 1. The van der Waals surface area contributed by atoms with Gasteiger partial charge >= 0.3 is 12.1 Å². The normalized spacial score (nSPS) is 12.0. The van der Waals surface area contributed by atoms with Crippen LogP contribution >= 0.6 is 0 Å². The molecule has 10 nitrogen and oxygen atoms in total. The molecular weight excluding hydrogens is 612 g/mol. The molecule has 2 heterocycles. The van der Waals surface area contributed by atoms with Crippen LogP contribution in [0.5, 0.6) is 17.4 Å². The third-order valence-electron chi connectivity index (χ3n) is 8.02. The van der Waals surface area contributed by atoms with Gasteiger partial charge < -0.3 is 29.5 Å². The van der Waals surface area contributed by atoms with Crippen molar-refractivity contribution >= 4 is 17.7 Å². The summed E-state index contributed by atoms with van der Waals surface area (Å²) in [5.41, 5.74) is 4.49. The highest BCUT2D eigenvalue weighted by atomic mass is 16.5. The number of hydrogen-bond donors (Lipinski definition) is 3. The first kappa shape index (κ1) is 32.1. The largest absolute Gasteiger partial charge is 0.503 e. The van der Waals surface area contributed by atoms with Gasteiger partial charge in [0.25, 0.3) is 0 Å². The fourth-order valence-electron chi connectivity index (χ4n) is 5.62. The molecule has 0 aliphatic carbocycles. The molecule has 1 aliphatic heterocycles. The van der Waals surface area contributed by atoms with Gasteiger partial charge in [-0.25, -0.2) is 14.6 Å². The Hall–Kier alpha value is -5.87. The maximum Gasteiger partial charge on any atom is 0.411 e. The molecule has 1 aromatic heterocycles. The molecule has 48 heavy (non-hydrogen) atoms. The minimum absolute atomic E-state index is 0.0101. The van der Waals surface area contributed by atoms with Crippen molar-refractivity contribution in [2.75, 3.05) is 18.1 Å². The minimum Gasteiger partial charge on any atom is -0.503 e. The van der Waals surface area contributed by atoms with E-state index in [4.69, 9.17) is 19.2 Å². The fraction of sp³-hybridized carbons (Fsp3) is 0.184. The summed E-state index contributed by atoms with van der Waals surface area (Å²) in [5.74, 6) is -1.51. The number of pyridine rings is 1. The Kier molecular flexibility index (Phi) is 9.83. The predicted octanol–water partition coefficient (Wildman–Crippen LogP) is 6.54. The summed E-state index contributed by atoms with van der Waals surface area (Å²) >= 11 is 0.